The topological polar surface area (TPSA) is 108 Å². The molecule has 0 aliphatic carbocycles. The van der Waals surface area contributed by atoms with Gasteiger partial charge in [0.05, 0.1) is 0 Å². The number of hydrogen-bond acceptors (Lipinski definition) is 6. The predicted octanol–water partition coefficient (Wildman–Crippen LogP) is 4.72. The van der Waals surface area contributed by atoms with Crippen LogP contribution >= 0.6 is 0 Å². The lowest BCUT2D eigenvalue weighted by Crippen LogP contribution is -1.99. The summed E-state index contributed by atoms with van der Waals surface area (Å²) in [5.41, 5.74) is 1.09. The highest BCUT2D eigenvalue weighted by Gasteiger charge is 2.24. The molecule has 5 rings (SSSR count). The van der Waals surface area contributed by atoms with E-state index >= 15 is 0 Å². The first-order valence-corrected chi connectivity index (χ1v) is 8.62. The van der Waals surface area contributed by atoms with Crippen LogP contribution in [-0.4, -0.2) is 19.9 Å². The molecule has 0 saturated heterocycles. The summed E-state index contributed by atoms with van der Waals surface area (Å²) < 4.78 is 0. The summed E-state index contributed by atoms with van der Waals surface area (Å²) in [6.45, 7) is 14.7. The monoisotopic (exact) mass is 382 g/mol. The Kier molecular flexibility index (Phi) is 3.49. The lowest BCUT2D eigenvalue weighted by Gasteiger charge is -2.09. The second-order valence-corrected chi connectivity index (χ2v) is 6.34. The number of nitrogens with zero attached hydrogens (tertiary/aromatic N) is 8. The molecule has 0 N–H and O–H groups in total. The van der Waals surface area contributed by atoms with Crippen LogP contribution in [0.3, 0.4) is 0 Å². The van der Waals surface area contributed by atoms with Crippen LogP contribution in [0, 0.1) is 35.8 Å². The summed E-state index contributed by atoms with van der Waals surface area (Å²) in [4.78, 5) is 24.2. The molecule has 0 saturated carbocycles. The molecule has 0 amide bonds. The molecule has 0 atom stereocenters. The van der Waals surface area contributed by atoms with Crippen molar-refractivity contribution in [2.45, 2.75) is 0 Å². The lowest BCUT2D eigenvalue weighted by molar-refractivity contribution is 1.20. The van der Waals surface area contributed by atoms with Crippen LogP contribution in [0.1, 0.15) is 11.4 Å². The zero-order valence-electron chi connectivity index (χ0n) is 15.0. The molecule has 0 radical (unpaired) electrons. The van der Waals surface area contributed by atoms with E-state index in [0.29, 0.717) is 21.8 Å². The first kappa shape index (κ1) is 17.0. The number of rotatable bonds is 0. The van der Waals surface area contributed by atoms with E-state index in [1.807, 2.05) is 48.5 Å². The van der Waals surface area contributed by atoms with Gasteiger partial charge in [-0.3, -0.25) is 0 Å². The first-order valence-electron chi connectivity index (χ1n) is 8.62. The van der Waals surface area contributed by atoms with Gasteiger partial charge in [0.2, 0.25) is 11.0 Å². The van der Waals surface area contributed by atoms with Gasteiger partial charge in [0.15, 0.2) is 11.4 Å². The Hall–Kier alpha value is -5.18. The van der Waals surface area contributed by atoms with Gasteiger partial charge in [-0.25, -0.2) is 9.97 Å². The van der Waals surface area contributed by atoms with Gasteiger partial charge in [-0.15, -0.1) is 9.97 Å². The molecular weight excluding hydrogens is 376 g/mol. The largest absolute Gasteiger partial charge is 0.370 e. The Morgan fingerprint density at radius 2 is 1.27 bits per heavy atom. The molecule has 8 nitrogen and oxygen atoms in total. The summed E-state index contributed by atoms with van der Waals surface area (Å²) in [6.07, 6.45) is 0. The molecule has 0 aliphatic rings. The van der Waals surface area contributed by atoms with Crippen molar-refractivity contribution in [3.63, 3.8) is 0 Å². The maximum absolute atomic E-state index is 9.41. The molecule has 3 aromatic carbocycles. The van der Waals surface area contributed by atoms with Crippen molar-refractivity contribution < 1.29 is 0 Å². The summed E-state index contributed by atoms with van der Waals surface area (Å²) in [6, 6.07) is 15.2. The van der Waals surface area contributed by atoms with Gasteiger partial charge >= 0.3 is 0 Å². The molecule has 0 unspecified atom stereocenters. The Labute approximate surface area is 168 Å². The highest BCUT2D eigenvalue weighted by molar-refractivity contribution is 6.28. The second-order valence-electron chi connectivity index (χ2n) is 6.34. The van der Waals surface area contributed by atoms with Crippen LogP contribution in [0.15, 0.2) is 36.4 Å². The number of fused-ring (bicyclic) bond motifs is 8. The fourth-order valence-electron chi connectivity index (χ4n) is 3.58. The Morgan fingerprint density at radius 1 is 0.667 bits per heavy atom. The van der Waals surface area contributed by atoms with Gasteiger partial charge in [0, 0.05) is 10.8 Å². The summed E-state index contributed by atoms with van der Waals surface area (Å²) in [5.74, 6) is -0.253. The molecule has 134 valence electrons. The van der Waals surface area contributed by atoms with Gasteiger partial charge in [0.1, 0.15) is 23.2 Å². The Morgan fingerprint density at radius 3 is 1.93 bits per heavy atom. The van der Waals surface area contributed by atoms with Crippen molar-refractivity contribution in [3.8, 4) is 12.1 Å². The standard InChI is InChI=1S/C22H6N8/c1-25-21-22(26-2)30-20-18(29-21)16-12-6-4-3-5-11(12)7-8-13(16)17-19(20)28-15(10-24)14(9-23)27-17/h3-8H. The van der Waals surface area contributed by atoms with Crippen molar-refractivity contribution in [3.05, 3.63) is 70.6 Å². The predicted molar refractivity (Wildman–Crippen MR) is 110 cm³/mol. The van der Waals surface area contributed by atoms with E-state index in [4.69, 9.17) is 13.1 Å². The average Bonchev–Trinajstić information content (AvgIpc) is 2.81. The van der Waals surface area contributed by atoms with Crippen LogP contribution in [0.25, 0.3) is 53.3 Å². The van der Waals surface area contributed by atoms with Crippen LogP contribution in [0.4, 0.5) is 11.6 Å². The molecule has 5 aromatic rings. The first-order chi connectivity index (χ1) is 14.7. The van der Waals surface area contributed by atoms with E-state index in [2.05, 4.69) is 29.6 Å². The summed E-state index contributed by atoms with van der Waals surface area (Å²) >= 11 is 0. The molecule has 0 bridgehead atoms. The smallest absolute Gasteiger partial charge is 0.294 e. The molecule has 0 aliphatic heterocycles. The van der Waals surface area contributed by atoms with Crippen LogP contribution in [0.5, 0.6) is 0 Å². The van der Waals surface area contributed by atoms with Crippen molar-refractivity contribution >= 4 is 55.2 Å². The third kappa shape index (κ3) is 2.17. The summed E-state index contributed by atoms with van der Waals surface area (Å²) in [5, 5.41) is 22.0. The Balaban J connectivity index is 2.19. The van der Waals surface area contributed by atoms with E-state index < -0.39 is 0 Å². The van der Waals surface area contributed by atoms with Gasteiger partial charge in [-0.1, -0.05) is 49.5 Å². The SMILES string of the molecule is [C-]#[N+]c1nc2c3nc(C#N)c(C#N)nc3c3ccc4ccccc4c3c2nc1[N+]#[C-]. The zero-order valence-corrected chi connectivity index (χ0v) is 15.0. The van der Waals surface area contributed by atoms with Crippen molar-refractivity contribution in [1.82, 2.24) is 19.9 Å². The number of benzene rings is 3. The average molecular weight is 382 g/mol. The second kappa shape index (κ2) is 6.17. The van der Waals surface area contributed by atoms with Crippen molar-refractivity contribution in [1.29, 1.82) is 10.5 Å². The Bertz CT molecular complexity index is 1740. The summed E-state index contributed by atoms with van der Waals surface area (Å²) in [7, 11) is 0. The van der Waals surface area contributed by atoms with Crippen LogP contribution < -0.4 is 0 Å². The molecule has 2 aromatic heterocycles. The molecule has 0 fully saturated rings. The van der Waals surface area contributed by atoms with Gasteiger partial charge < -0.3 is 9.69 Å². The maximum atomic E-state index is 9.41. The normalized spacial score (nSPS) is 10.5. The minimum Gasteiger partial charge on any atom is -0.370 e. The van der Waals surface area contributed by atoms with E-state index in [0.717, 1.165) is 10.8 Å². The maximum Gasteiger partial charge on any atom is 0.294 e. The minimum absolute atomic E-state index is 0.0880. The van der Waals surface area contributed by atoms with Gasteiger partial charge in [-0.05, 0) is 10.8 Å². The minimum atomic E-state index is -0.150. The third-order valence-corrected chi connectivity index (χ3v) is 4.82. The van der Waals surface area contributed by atoms with E-state index in [1.165, 1.54) is 0 Å². The van der Waals surface area contributed by atoms with Gasteiger partial charge in [-0.2, -0.15) is 10.5 Å². The molecule has 0 spiro atoms. The third-order valence-electron chi connectivity index (χ3n) is 4.82. The lowest BCUT2D eigenvalue weighted by atomic mass is 9.98. The molecule has 8 heteroatoms. The molecular formula is C22H6N8. The number of nitriles is 2. The number of hydrogen-bond donors (Lipinski definition) is 0. The van der Waals surface area contributed by atoms with Crippen molar-refractivity contribution in [2.75, 3.05) is 0 Å². The number of aromatic nitrogens is 4. The van der Waals surface area contributed by atoms with E-state index in [-0.39, 0.29) is 34.1 Å². The van der Waals surface area contributed by atoms with Crippen molar-refractivity contribution in [2.24, 2.45) is 0 Å². The molecule has 30 heavy (non-hydrogen) atoms. The molecule has 2 heterocycles. The van der Waals surface area contributed by atoms with Gasteiger partial charge in [0.25, 0.3) is 11.6 Å². The zero-order chi connectivity index (χ0) is 20.8. The van der Waals surface area contributed by atoms with E-state index in [1.54, 1.807) is 0 Å². The highest BCUT2D eigenvalue weighted by Crippen LogP contribution is 2.38. The highest BCUT2D eigenvalue weighted by atomic mass is 15.0. The quantitative estimate of drug-likeness (QED) is 0.283. The fourth-order valence-corrected chi connectivity index (χ4v) is 3.58. The van der Waals surface area contributed by atoms with E-state index in [9.17, 15) is 10.5 Å². The van der Waals surface area contributed by atoms with Crippen LogP contribution in [0.2, 0.25) is 0 Å². The van der Waals surface area contributed by atoms with Crippen LogP contribution in [-0.2, 0) is 0 Å². The fraction of sp³-hybridized carbons (Fsp3) is 0.